The SMILES string of the molecule is CC(=O)CCCCCCC(=O)NCCN(CC(=O)NCCOCCOC1OC(CO)C(O)C(O)C1NC(C)=O)CC(=O)NCCOCCOC1OC(CO)C(O)C(O)C1NC(C)=O. The molecule has 0 aliphatic carbocycles. The van der Waals surface area contributed by atoms with E-state index in [1.807, 2.05) is 0 Å². The number of unbranched alkanes of at least 4 members (excludes halogenated alkanes) is 3. The Balaban J connectivity index is 1.78. The van der Waals surface area contributed by atoms with Crippen molar-refractivity contribution in [2.75, 3.05) is 92.1 Å². The van der Waals surface area contributed by atoms with Gasteiger partial charge in [0.2, 0.25) is 29.5 Å². The summed E-state index contributed by atoms with van der Waals surface area (Å²) in [5, 5.41) is 73.1. The molecular weight excluding hydrogens is 840 g/mol. The molecule has 2 aliphatic heterocycles. The van der Waals surface area contributed by atoms with Crippen LogP contribution in [-0.2, 0) is 57.2 Å². The molecule has 0 aromatic rings. The van der Waals surface area contributed by atoms with Gasteiger partial charge in [0.1, 0.15) is 54.5 Å². The second-order valence-electron chi connectivity index (χ2n) is 15.2. The van der Waals surface area contributed by atoms with Crippen molar-refractivity contribution in [3.8, 4) is 0 Å². The number of Topliss-reactive ketones (excluding diaryl/α,β-unsaturated/α-hetero) is 1. The van der Waals surface area contributed by atoms with Crippen LogP contribution in [0.4, 0.5) is 0 Å². The fourth-order valence-corrected chi connectivity index (χ4v) is 6.59. The molecule has 0 saturated carbocycles. The molecule has 63 heavy (non-hydrogen) atoms. The highest BCUT2D eigenvalue weighted by atomic mass is 16.7. The van der Waals surface area contributed by atoms with Crippen LogP contribution in [0.25, 0.3) is 0 Å². The summed E-state index contributed by atoms with van der Waals surface area (Å²) >= 11 is 0. The van der Waals surface area contributed by atoms with Gasteiger partial charge in [0.05, 0.1) is 65.9 Å². The quantitative estimate of drug-likeness (QED) is 0.0281. The molecule has 0 aromatic carbocycles. The number of aliphatic hydroxyl groups excluding tert-OH is 6. The third-order valence-electron chi connectivity index (χ3n) is 9.83. The van der Waals surface area contributed by atoms with Gasteiger partial charge in [0, 0.05) is 52.9 Å². The summed E-state index contributed by atoms with van der Waals surface area (Å²) in [7, 11) is 0. The number of carbonyl (C=O) groups is 6. The highest BCUT2D eigenvalue weighted by Gasteiger charge is 2.46. The Morgan fingerprint density at radius 3 is 1.38 bits per heavy atom. The van der Waals surface area contributed by atoms with Gasteiger partial charge in [0.25, 0.3) is 0 Å². The number of aliphatic hydroxyl groups is 6. The molecule has 24 nitrogen and oxygen atoms in total. The number of nitrogens with zero attached hydrogens (tertiary/aromatic N) is 1. The maximum absolute atomic E-state index is 12.9. The van der Waals surface area contributed by atoms with E-state index in [1.165, 1.54) is 13.8 Å². The molecule has 10 atom stereocenters. The van der Waals surface area contributed by atoms with Gasteiger partial charge in [-0.2, -0.15) is 0 Å². The summed E-state index contributed by atoms with van der Waals surface area (Å²) in [6.07, 6.45) is -6.53. The predicted molar refractivity (Wildman–Crippen MR) is 218 cm³/mol. The number of hydrogen-bond acceptors (Lipinski definition) is 19. The Hall–Kier alpha value is -3.50. The number of ether oxygens (including phenoxy) is 6. The van der Waals surface area contributed by atoms with E-state index in [2.05, 4.69) is 26.6 Å². The molecule has 0 spiro atoms. The van der Waals surface area contributed by atoms with E-state index in [4.69, 9.17) is 28.4 Å². The molecule has 2 rings (SSSR count). The number of carbonyl (C=O) groups excluding carboxylic acids is 6. The van der Waals surface area contributed by atoms with Crippen LogP contribution in [0.2, 0.25) is 0 Å². The summed E-state index contributed by atoms with van der Waals surface area (Å²) in [4.78, 5) is 74.0. The smallest absolute Gasteiger partial charge is 0.234 e. The standard InChI is InChI=1S/C39H70N6O18/c1-24(48)8-6-4-5-7-9-29(51)40-10-13-45(20-30(52)41-11-14-58-16-18-60-38-32(43-25(2)49)36(56)34(54)27(22-46)62-38)21-31(53)42-12-15-59-17-19-61-39-33(44-26(3)50)37(57)35(55)28(23-47)63-39/h27-28,32-39,46-47,54-57H,4-23H2,1-3H3,(H,40,51)(H,41,52)(H,42,53)(H,43,49)(H,44,50). The summed E-state index contributed by atoms with van der Waals surface area (Å²) in [6, 6.07) is -2.20. The lowest BCUT2D eigenvalue weighted by Gasteiger charge is -2.42. The van der Waals surface area contributed by atoms with Crippen LogP contribution in [0, 0.1) is 0 Å². The van der Waals surface area contributed by atoms with Gasteiger partial charge in [0.15, 0.2) is 12.6 Å². The topological polar surface area (TPSA) is 343 Å². The molecule has 2 heterocycles. The molecule has 2 aliphatic rings. The van der Waals surface area contributed by atoms with Gasteiger partial charge >= 0.3 is 0 Å². The molecule has 11 N–H and O–H groups in total. The Labute approximate surface area is 367 Å². The zero-order valence-electron chi connectivity index (χ0n) is 36.4. The van der Waals surface area contributed by atoms with Crippen molar-refractivity contribution < 1.29 is 87.8 Å². The average molecular weight is 911 g/mol. The monoisotopic (exact) mass is 910 g/mol. The Morgan fingerprint density at radius 1 is 0.540 bits per heavy atom. The molecule has 2 saturated heterocycles. The van der Waals surface area contributed by atoms with Crippen LogP contribution in [0.3, 0.4) is 0 Å². The van der Waals surface area contributed by atoms with Crippen molar-refractivity contribution >= 4 is 35.3 Å². The molecule has 2 fully saturated rings. The van der Waals surface area contributed by atoms with Crippen molar-refractivity contribution in [1.82, 2.24) is 31.5 Å². The molecule has 364 valence electrons. The predicted octanol–water partition coefficient (Wildman–Crippen LogP) is -5.48. The van der Waals surface area contributed by atoms with E-state index in [0.717, 1.165) is 19.3 Å². The minimum absolute atomic E-state index is 0.0281. The van der Waals surface area contributed by atoms with Gasteiger partial charge in [-0.1, -0.05) is 12.8 Å². The fourth-order valence-electron chi connectivity index (χ4n) is 6.59. The summed E-state index contributed by atoms with van der Waals surface area (Å²) in [5.74, 6) is -1.88. The van der Waals surface area contributed by atoms with Gasteiger partial charge in [-0.15, -0.1) is 0 Å². The zero-order chi connectivity index (χ0) is 46.7. The van der Waals surface area contributed by atoms with Crippen LogP contribution in [-0.4, -0.2) is 224 Å². The molecule has 0 aromatic heterocycles. The number of nitrogens with one attached hydrogen (secondary N) is 5. The highest BCUT2D eigenvalue weighted by Crippen LogP contribution is 2.23. The van der Waals surface area contributed by atoms with E-state index in [0.29, 0.717) is 19.3 Å². The van der Waals surface area contributed by atoms with Crippen LogP contribution >= 0.6 is 0 Å². The second kappa shape index (κ2) is 31.4. The third-order valence-corrected chi connectivity index (χ3v) is 9.83. The van der Waals surface area contributed by atoms with Crippen LogP contribution in [0.1, 0.15) is 59.3 Å². The molecule has 24 heteroatoms. The summed E-state index contributed by atoms with van der Waals surface area (Å²) in [5.41, 5.74) is 0. The third kappa shape index (κ3) is 22.3. The van der Waals surface area contributed by atoms with Crippen molar-refractivity contribution in [3.63, 3.8) is 0 Å². The van der Waals surface area contributed by atoms with Gasteiger partial charge < -0.3 is 90.4 Å². The largest absolute Gasteiger partial charge is 0.394 e. The average Bonchev–Trinajstić information content (AvgIpc) is 3.22. The molecular formula is C39H70N6O18. The van der Waals surface area contributed by atoms with E-state index >= 15 is 0 Å². The summed E-state index contributed by atoms with van der Waals surface area (Å²) in [6.45, 7) is 3.06. The van der Waals surface area contributed by atoms with E-state index < -0.39 is 98.1 Å². The first-order chi connectivity index (χ1) is 30.1. The first-order valence-electron chi connectivity index (χ1n) is 21.3. The summed E-state index contributed by atoms with van der Waals surface area (Å²) < 4.78 is 33.2. The first-order valence-corrected chi connectivity index (χ1v) is 21.3. The number of ketones is 1. The fraction of sp³-hybridized carbons (Fsp3) is 0.846. The van der Waals surface area contributed by atoms with Gasteiger partial charge in [-0.3, -0.25) is 28.9 Å². The minimum Gasteiger partial charge on any atom is -0.394 e. The number of amides is 5. The lowest BCUT2D eigenvalue weighted by molar-refractivity contribution is -0.272. The van der Waals surface area contributed by atoms with E-state index in [-0.39, 0.29) is 90.6 Å². The lowest BCUT2D eigenvalue weighted by Crippen LogP contribution is -2.64. The molecule has 0 bridgehead atoms. The molecule has 0 radical (unpaired) electrons. The van der Waals surface area contributed by atoms with Crippen molar-refractivity contribution in [1.29, 1.82) is 0 Å². The Morgan fingerprint density at radius 2 is 0.968 bits per heavy atom. The van der Waals surface area contributed by atoms with Gasteiger partial charge in [-0.25, -0.2) is 0 Å². The van der Waals surface area contributed by atoms with E-state index in [9.17, 15) is 59.4 Å². The Bertz CT molecular complexity index is 1310. The van der Waals surface area contributed by atoms with Crippen LogP contribution in [0.5, 0.6) is 0 Å². The molecule has 10 unspecified atom stereocenters. The lowest BCUT2D eigenvalue weighted by atomic mass is 9.97. The van der Waals surface area contributed by atoms with Crippen molar-refractivity contribution in [2.45, 2.75) is 121 Å². The van der Waals surface area contributed by atoms with Crippen molar-refractivity contribution in [3.05, 3.63) is 0 Å². The number of hydrogen-bond donors (Lipinski definition) is 11. The highest BCUT2D eigenvalue weighted by molar-refractivity contribution is 5.81. The minimum atomic E-state index is -1.46. The van der Waals surface area contributed by atoms with Crippen molar-refractivity contribution in [2.24, 2.45) is 0 Å². The second-order valence-corrected chi connectivity index (χ2v) is 15.2. The molecule has 5 amide bonds. The maximum Gasteiger partial charge on any atom is 0.234 e. The van der Waals surface area contributed by atoms with Crippen LogP contribution in [0.15, 0.2) is 0 Å². The van der Waals surface area contributed by atoms with E-state index in [1.54, 1.807) is 11.8 Å². The van der Waals surface area contributed by atoms with Gasteiger partial charge in [-0.05, 0) is 19.8 Å². The zero-order valence-corrected chi connectivity index (χ0v) is 36.4. The first kappa shape index (κ1) is 55.6. The maximum atomic E-state index is 12.9. The normalized spacial score (nSPS) is 25.9. The number of rotatable bonds is 32. The Kier molecular flexibility index (Phi) is 27.7. The van der Waals surface area contributed by atoms with Crippen LogP contribution < -0.4 is 26.6 Å².